The number of carbonyl (C=O) groups excluding carboxylic acids is 1. The Kier molecular flexibility index (Phi) is 4.37. The first-order valence-corrected chi connectivity index (χ1v) is 8.79. The minimum absolute atomic E-state index is 0.307. The lowest BCUT2D eigenvalue weighted by Gasteiger charge is -2.04. The molecule has 4 aromatic rings. The molecule has 0 fully saturated rings. The minimum atomic E-state index is -0.352. The van der Waals surface area contributed by atoms with Crippen LogP contribution >= 0.6 is 11.6 Å². The molecule has 0 saturated carbocycles. The maximum absolute atomic E-state index is 12.7. The van der Waals surface area contributed by atoms with Gasteiger partial charge in [0.2, 0.25) is 0 Å². The fourth-order valence-electron chi connectivity index (χ4n) is 2.94. The highest BCUT2D eigenvalue weighted by molar-refractivity contribution is 6.33. The number of halogens is 1. The first kappa shape index (κ1) is 17.2. The Morgan fingerprint density at radius 2 is 2.00 bits per heavy atom. The van der Waals surface area contributed by atoms with Gasteiger partial charge in [-0.1, -0.05) is 41.9 Å². The van der Waals surface area contributed by atoms with E-state index in [1.54, 1.807) is 15.4 Å². The van der Waals surface area contributed by atoms with Crippen molar-refractivity contribution in [3.63, 3.8) is 0 Å². The van der Waals surface area contributed by atoms with Crippen LogP contribution in [0.5, 0.6) is 0 Å². The van der Waals surface area contributed by atoms with E-state index in [1.807, 2.05) is 50.2 Å². The van der Waals surface area contributed by atoms with Crippen molar-refractivity contribution in [3.05, 3.63) is 76.3 Å². The van der Waals surface area contributed by atoms with Gasteiger partial charge < -0.3 is 5.32 Å². The number of nitrogens with one attached hydrogen (secondary N) is 1. The molecule has 0 aliphatic rings. The number of carbonyl (C=O) groups is 1. The van der Waals surface area contributed by atoms with Gasteiger partial charge in [0.15, 0.2) is 11.5 Å². The molecule has 8 heteroatoms. The standard InChI is InChI=1S/C19H17ClN6O/c1-12-8-13(2)26-18(22-12)15(9-21-26)19(27)23-17-16(20)11-25(24-17)10-14-6-4-3-5-7-14/h3-9,11H,10H2,1-2H3,(H,23,24,27). The molecule has 1 aromatic carbocycles. The summed E-state index contributed by atoms with van der Waals surface area (Å²) in [6, 6.07) is 11.8. The number of hydrogen-bond donors (Lipinski definition) is 1. The summed E-state index contributed by atoms with van der Waals surface area (Å²) in [6.45, 7) is 4.36. The molecule has 0 aliphatic heterocycles. The predicted molar refractivity (Wildman–Crippen MR) is 103 cm³/mol. The molecule has 0 atom stereocenters. The molecule has 0 saturated heterocycles. The zero-order valence-corrected chi connectivity index (χ0v) is 15.6. The molecule has 1 amide bonds. The van der Waals surface area contributed by atoms with E-state index in [1.165, 1.54) is 6.20 Å². The van der Waals surface area contributed by atoms with Gasteiger partial charge in [-0.15, -0.1) is 0 Å². The summed E-state index contributed by atoms with van der Waals surface area (Å²) in [5.74, 6) is -0.0457. The highest BCUT2D eigenvalue weighted by Gasteiger charge is 2.18. The first-order valence-electron chi connectivity index (χ1n) is 8.41. The molecule has 7 nitrogen and oxygen atoms in total. The van der Waals surface area contributed by atoms with Gasteiger partial charge in [-0.05, 0) is 25.5 Å². The van der Waals surface area contributed by atoms with Crippen molar-refractivity contribution >= 4 is 29.0 Å². The molecule has 1 N–H and O–H groups in total. The van der Waals surface area contributed by atoms with Crippen LogP contribution in [0.25, 0.3) is 5.65 Å². The third-order valence-corrected chi connectivity index (χ3v) is 4.44. The highest BCUT2D eigenvalue weighted by Crippen LogP contribution is 2.21. The van der Waals surface area contributed by atoms with Gasteiger partial charge in [-0.25, -0.2) is 9.50 Å². The van der Waals surface area contributed by atoms with Crippen LogP contribution in [0.1, 0.15) is 27.3 Å². The zero-order chi connectivity index (χ0) is 19.0. The Morgan fingerprint density at radius 3 is 2.78 bits per heavy atom. The largest absolute Gasteiger partial charge is 0.304 e. The van der Waals surface area contributed by atoms with E-state index in [2.05, 4.69) is 20.5 Å². The average molecular weight is 381 g/mol. The van der Waals surface area contributed by atoms with Crippen LogP contribution in [0, 0.1) is 13.8 Å². The van der Waals surface area contributed by atoms with E-state index in [-0.39, 0.29) is 5.91 Å². The normalized spacial score (nSPS) is 11.1. The quantitative estimate of drug-likeness (QED) is 0.587. The zero-order valence-electron chi connectivity index (χ0n) is 14.8. The maximum Gasteiger partial charge on any atom is 0.262 e. The van der Waals surface area contributed by atoms with Gasteiger partial charge in [0, 0.05) is 17.6 Å². The van der Waals surface area contributed by atoms with Crippen LogP contribution in [0.2, 0.25) is 5.02 Å². The highest BCUT2D eigenvalue weighted by atomic mass is 35.5. The third-order valence-electron chi connectivity index (χ3n) is 4.16. The van der Waals surface area contributed by atoms with E-state index in [9.17, 15) is 4.79 Å². The van der Waals surface area contributed by atoms with E-state index in [4.69, 9.17) is 11.6 Å². The van der Waals surface area contributed by atoms with E-state index in [0.29, 0.717) is 28.6 Å². The number of anilines is 1. The summed E-state index contributed by atoms with van der Waals surface area (Å²) >= 11 is 6.25. The van der Waals surface area contributed by atoms with E-state index < -0.39 is 0 Å². The van der Waals surface area contributed by atoms with Crippen molar-refractivity contribution in [1.29, 1.82) is 0 Å². The van der Waals surface area contributed by atoms with Crippen LogP contribution in [-0.4, -0.2) is 30.3 Å². The smallest absolute Gasteiger partial charge is 0.262 e. The summed E-state index contributed by atoms with van der Waals surface area (Å²) in [6.07, 6.45) is 3.19. The first-order chi connectivity index (χ1) is 13.0. The molecule has 0 bridgehead atoms. The molecule has 3 aromatic heterocycles. The van der Waals surface area contributed by atoms with Crippen LogP contribution in [0.3, 0.4) is 0 Å². The van der Waals surface area contributed by atoms with Crippen LogP contribution in [-0.2, 0) is 6.54 Å². The summed E-state index contributed by atoms with van der Waals surface area (Å²) in [5.41, 5.74) is 3.69. The minimum Gasteiger partial charge on any atom is -0.304 e. The fourth-order valence-corrected chi connectivity index (χ4v) is 3.14. The van der Waals surface area contributed by atoms with Crippen molar-refractivity contribution < 1.29 is 4.79 Å². The van der Waals surface area contributed by atoms with Gasteiger partial charge in [-0.3, -0.25) is 9.48 Å². The van der Waals surface area contributed by atoms with Crippen LogP contribution in [0.15, 0.2) is 48.8 Å². The van der Waals surface area contributed by atoms with Gasteiger partial charge >= 0.3 is 0 Å². The van der Waals surface area contributed by atoms with Crippen LogP contribution in [0.4, 0.5) is 5.82 Å². The number of hydrogen-bond acceptors (Lipinski definition) is 4. The number of aryl methyl sites for hydroxylation is 2. The Bertz CT molecular complexity index is 1130. The molecule has 27 heavy (non-hydrogen) atoms. The molecule has 0 radical (unpaired) electrons. The fraction of sp³-hybridized carbons (Fsp3) is 0.158. The molecule has 0 unspecified atom stereocenters. The summed E-state index contributed by atoms with van der Waals surface area (Å²) in [5, 5.41) is 11.7. The predicted octanol–water partition coefficient (Wildman–Crippen LogP) is 3.50. The second-order valence-corrected chi connectivity index (χ2v) is 6.70. The van der Waals surface area contributed by atoms with Gasteiger partial charge in [-0.2, -0.15) is 10.2 Å². The molecule has 3 heterocycles. The van der Waals surface area contributed by atoms with E-state index >= 15 is 0 Å². The monoisotopic (exact) mass is 380 g/mol. The molecular weight excluding hydrogens is 364 g/mol. The number of nitrogens with zero attached hydrogens (tertiary/aromatic N) is 5. The number of amides is 1. The molecule has 0 aliphatic carbocycles. The van der Waals surface area contributed by atoms with Crippen LogP contribution < -0.4 is 5.32 Å². The Morgan fingerprint density at radius 1 is 1.22 bits per heavy atom. The Labute approximate surface area is 160 Å². The Balaban J connectivity index is 1.59. The van der Waals surface area contributed by atoms with Crippen molar-refractivity contribution in [1.82, 2.24) is 24.4 Å². The summed E-state index contributed by atoms with van der Waals surface area (Å²) < 4.78 is 3.33. The maximum atomic E-state index is 12.7. The SMILES string of the molecule is Cc1cc(C)n2ncc(C(=O)Nc3nn(Cc4ccccc4)cc3Cl)c2n1. The second kappa shape index (κ2) is 6.85. The molecular formula is C19H17ClN6O. The molecule has 0 spiro atoms. The third kappa shape index (κ3) is 3.41. The number of aromatic nitrogens is 5. The summed E-state index contributed by atoms with van der Waals surface area (Å²) in [4.78, 5) is 17.1. The van der Waals surface area contributed by atoms with Crippen molar-refractivity contribution in [2.75, 3.05) is 5.32 Å². The second-order valence-electron chi connectivity index (χ2n) is 6.30. The van der Waals surface area contributed by atoms with Gasteiger partial charge in [0.1, 0.15) is 10.6 Å². The van der Waals surface area contributed by atoms with Crippen molar-refractivity contribution in [2.24, 2.45) is 0 Å². The van der Waals surface area contributed by atoms with Crippen molar-refractivity contribution in [2.45, 2.75) is 20.4 Å². The molecule has 4 rings (SSSR count). The van der Waals surface area contributed by atoms with Gasteiger partial charge in [0.25, 0.3) is 5.91 Å². The summed E-state index contributed by atoms with van der Waals surface area (Å²) in [7, 11) is 0. The number of fused-ring (bicyclic) bond motifs is 1. The number of rotatable bonds is 4. The van der Waals surface area contributed by atoms with Gasteiger partial charge in [0.05, 0.1) is 12.7 Å². The van der Waals surface area contributed by atoms with E-state index in [0.717, 1.165) is 17.0 Å². The molecule has 136 valence electrons. The number of benzene rings is 1. The average Bonchev–Trinajstić information content (AvgIpc) is 3.19. The lowest BCUT2D eigenvalue weighted by Crippen LogP contribution is -2.13. The van der Waals surface area contributed by atoms with Crippen molar-refractivity contribution in [3.8, 4) is 0 Å². The lowest BCUT2D eigenvalue weighted by molar-refractivity contribution is 0.102. The lowest BCUT2D eigenvalue weighted by atomic mass is 10.2. The Hall–Kier alpha value is -3.19. The topological polar surface area (TPSA) is 77.1 Å².